The van der Waals surface area contributed by atoms with E-state index >= 15 is 0 Å². The molecule has 0 unspecified atom stereocenters. The van der Waals surface area contributed by atoms with Crippen molar-refractivity contribution in [2.24, 2.45) is 4.99 Å². The van der Waals surface area contributed by atoms with Gasteiger partial charge in [-0.15, -0.1) is 16.8 Å². The van der Waals surface area contributed by atoms with Crippen LogP contribution in [0.2, 0.25) is 0 Å². The molecule has 0 spiro atoms. The first-order valence-electron chi connectivity index (χ1n) is 10.7. The van der Waals surface area contributed by atoms with Gasteiger partial charge in [0.1, 0.15) is 12.2 Å². The van der Waals surface area contributed by atoms with E-state index in [0.29, 0.717) is 13.1 Å². The minimum Gasteiger partial charge on any atom is -0.353 e. The number of aromatic nitrogens is 3. The summed E-state index contributed by atoms with van der Waals surface area (Å²) < 4.78 is 2.08. The van der Waals surface area contributed by atoms with Crippen LogP contribution in [0.1, 0.15) is 18.3 Å². The van der Waals surface area contributed by atoms with Crippen LogP contribution in [0.4, 0.5) is 0 Å². The number of aryl methyl sites for hydroxylation is 1. The van der Waals surface area contributed by atoms with Crippen LogP contribution in [0.5, 0.6) is 0 Å². The van der Waals surface area contributed by atoms with E-state index in [1.807, 2.05) is 12.1 Å². The topological polar surface area (TPSA) is 61.6 Å². The summed E-state index contributed by atoms with van der Waals surface area (Å²) in [6, 6.07) is 10.5. The molecule has 0 radical (unpaired) electrons. The predicted molar refractivity (Wildman–Crippen MR) is 123 cm³/mol. The second-order valence-electron chi connectivity index (χ2n) is 7.27. The standard InChI is InChI=1S/C23H33N7/c1-3-12-24-23(25-13-15-30-20-26-27-22(30)4-2)29-18-16-28(17-19-29)14-8-11-21-9-6-5-7-10-21/h3,5-11,20H,1,4,12-19H2,2H3,(H,24,25)/b11-8+. The van der Waals surface area contributed by atoms with E-state index in [0.717, 1.165) is 57.5 Å². The second kappa shape index (κ2) is 11.9. The van der Waals surface area contributed by atoms with E-state index in [1.165, 1.54) is 5.56 Å². The van der Waals surface area contributed by atoms with Gasteiger partial charge >= 0.3 is 0 Å². The summed E-state index contributed by atoms with van der Waals surface area (Å²) >= 11 is 0. The van der Waals surface area contributed by atoms with Crippen molar-refractivity contribution < 1.29 is 0 Å². The van der Waals surface area contributed by atoms with Gasteiger partial charge in [0, 0.05) is 52.2 Å². The summed E-state index contributed by atoms with van der Waals surface area (Å²) in [5.41, 5.74) is 1.25. The van der Waals surface area contributed by atoms with Crippen molar-refractivity contribution in [1.82, 2.24) is 29.9 Å². The molecule has 0 saturated carbocycles. The van der Waals surface area contributed by atoms with Crippen molar-refractivity contribution in [3.8, 4) is 0 Å². The number of rotatable bonds is 9. The van der Waals surface area contributed by atoms with Gasteiger partial charge in [0.25, 0.3) is 0 Å². The number of guanidine groups is 1. The van der Waals surface area contributed by atoms with Gasteiger partial charge in [-0.3, -0.25) is 9.89 Å². The van der Waals surface area contributed by atoms with Crippen LogP contribution in [0, 0.1) is 0 Å². The zero-order valence-corrected chi connectivity index (χ0v) is 18.0. The molecule has 7 heteroatoms. The molecule has 1 aromatic carbocycles. The zero-order chi connectivity index (χ0) is 21.0. The summed E-state index contributed by atoms with van der Waals surface area (Å²) in [6.07, 6.45) is 8.98. The minimum absolute atomic E-state index is 0.699. The molecule has 3 rings (SSSR count). The molecule has 7 nitrogen and oxygen atoms in total. The number of piperazine rings is 1. The van der Waals surface area contributed by atoms with E-state index in [4.69, 9.17) is 4.99 Å². The molecule has 1 saturated heterocycles. The number of hydrogen-bond acceptors (Lipinski definition) is 4. The number of nitrogens with zero attached hydrogens (tertiary/aromatic N) is 6. The fourth-order valence-corrected chi connectivity index (χ4v) is 3.48. The second-order valence-corrected chi connectivity index (χ2v) is 7.27. The third kappa shape index (κ3) is 6.56. The van der Waals surface area contributed by atoms with E-state index in [-0.39, 0.29) is 0 Å². The molecule has 30 heavy (non-hydrogen) atoms. The first-order chi connectivity index (χ1) is 14.8. The van der Waals surface area contributed by atoms with Gasteiger partial charge in [-0.05, 0) is 5.56 Å². The third-order valence-electron chi connectivity index (χ3n) is 5.16. The molecule has 0 atom stereocenters. The van der Waals surface area contributed by atoms with Crippen LogP contribution < -0.4 is 5.32 Å². The summed E-state index contributed by atoms with van der Waals surface area (Å²) in [6.45, 7) is 13.1. The van der Waals surface area contributed by atoms with Crippen molar-refractivity contribution in [3.05, 3.63) is 66.8 Å². The molecule has 0 aliphatic carbocycles. The largest absolute Gasteiger partial charge is 0.353 e. The van der Waals surface area contributed by atoms with E-state index in [9.17, 15) is 0 Å². The lowest BCUT2D eigenvalue weighted by Crippen LogP contribution is -2.52. The highest BCUT2D eigenvalue weighted by Crippen LogP contribution is 2.05. The quantitative estimate of drug-likeness (QED) is 0.393. The fraction of sp³-hybridized carbons (Fsp3) is 0.435. The Morgan fingerprint density at radius 3 is 2.73 bits per heavy atom. The molecule has 0 amide bonds. The Bertz CT molecular complexity index is 817. The molecular formula is C23H33N7. The van der Waals surface area contributed by atoms with Gasteiger partial charge in [0.05, 0.1) is 6.54 Å². The normalized spacial score (nSPS) is 15.6. The maximum atomic E-state index is 4.84. The average molecular weight is 408 g/mol. The minimum atomic E-state index is 0.699. The third-order valence-corrected chi connectivity index (χ3v) is 5.16. The summed E-state index contributed by atoms with van der Waals surface area (Å²) in [7, 11) is 0. The maximum Gasteiger partial charge on any atom is 0.194 e. The summed E-state index contributed by atoms with van der Waals surface area (Å²) in [5.74, 6) is 1.96. The van der Waals surface area contributed by atoms with Gasteiger partial charge in [-0.2, -0.15) is 0 Å². The monoisotopic (exact) mass is 407 g/mol. The lowest BCUT2D eigenvalue weighted by molar-refractivity contribution is 0.194. The lowest BCUT2D eigenvalue weighted by Gasteiger charge is -2.36. The van der Waals surface area contributed by atoms with Crippen molar-refractivity contribution in [2.75, 3.05) is 45.8 Å². The molecule has 160 valence electrons. The Kier molecular flexibility index (Phi) is 8.65. The van der Waals surface area contributed by atoms with E-state index < -0.39 is 0 Å². The van der Waals surface area contributed by atoms with Crippen LogP contribution in [-0.2, 0) is 13.0 Å². The highest BCUT2D eigenvalue weighted by Gasteiger charge is 2.18. The highest BCUT2D eigenvalue weighted by molar-refractivity contribution is 5.80. The zero-order valence-electron chi connectivity index (χ0n) is 18.0. The van der Waals surface area contributed by atoms with E-state index in [1.54, 1.807) is 6.33 Å². The van der Waals surface area contributed by atoms with Crippen molar-refractivity contribution in [2.45, 2.75) is 19.9 Å². The highest BCUT2D eigenvalue weighted by atomic mass is 15.3. The van der Waals surface area contributed by atoms with Crippen molar-refractivity contribution in [1.29, 1.82) is 0 Å². The van der Waals surface area contributed by atoms with Crippen LogP contribution >= 0.6 is 0 Å². The Labute approximate surface area is 179 Å². The smallest absolute Gasteiger partial charge is 0.194 e. The summed E-state index contributed by atoms with van der Waals surface area (Å²) in [5, 5.41) is 11.5. The average Bonchev–Trinajstić information content (AvgIpc) is 3.25. The Hall–Kier alpha value is -2.93. The first-order valence-corrected chi connectivity index (χ1v) is 10.7. The van der Waals surface area contributed by atoms with Crippen molar-refractivity contribution >= 4 is 12.0 Å². The molecule has 0 bridgehead atoms. The van der Waals surface area contributed by atoms with Gasteiger partial charge in [0.2, 0.25) is 0 Å². The summed E-state index contributed by atoms with van der Waals surface area (Å²) in [4.78, 5) is 9.66. The Morgan fingerprint density at radius 2 is 2.00 bits per heavy atom. The Morgan fingerprint density at radius 1 is 1.20 bits per heavy atom. The predicted octanol–water partition coefficient (Wildman–Crippen LogP) is 2.30. The number of benzene rings is 1. The molecular weight excluding hydrogens is 374 g/mol. The van der Waals surface area contributed by atoms with Crippen LogP contribution in [0.25, 0.3) is 6.08 Å². The maximum absolute atomic E-state index is 4.84. The van der Waals surface area contributed by atoms with Gasteiger partial charge in [0.15, 0.2) is 5.96 Å². The fourth-order valence-electron chi connectivity index (χ4n) is 3.48. The Balaban J connectivity index is 1.49. The van der Waals surface area contributed by atoms with Crippen LogP contribution in [0.3, 0.4) is 0 Å². The molecule has 2 heterocycles. The van der Waals surface area contributed by atoms with Gasteiger partial charge < -0.3 is 14.8 Å². The van der Waals surface area contributed by atoms with Crippen LogP contribution in [0.15, 0.2) is 60.4 Å². The molecule has 1 fully saturated rings. The van der Waals surface area contributed by atoms with Gasteiger partial charge in [-0.25, -0.2) is 0 Å². The van der Waals surface area contributed by atoms with Gasteiger partial charge in [-0.1, -0.05) is 55.5 Å². The number of aliphatic imine (C=N–C) groups is 1. The molecule has 2 aromatic rings. The van der Waals surface area contributed by atoms with Crippen LogP contribution in [-0.4, -0.2) is 76.3 Å². The molecule has 1 N–H and O–H groups in total. The SMILES string of the molecule is C=CCNC(=NCCn1cnnc1CC)N1CCN(C/C=C/c2ccccc2)CC1. The lowest BCUT2D eigenvalue weighted by atomic mass is 10.2. The molecule has 1 aliphatic heterocycles. The number of nitrogens with one attached hydrogen (secondary N) is 1. The molecule has 1 aliphatic rings. The molecule has 1 aromatic heterocycles. The first kappa shape index (κ1) is 21.8. The van der Waals surface area contributed by atoms with Crippen molar-refractivity contribution in [3.63, 3.8) is 0 Å². The van der Waals surface area contributed by atoms with E-state index in [2.05, 4.69) is 79.8 Å². The number of hydrogen-bond donors (Lipinski definition) is 1.